The van der Waals surface area contributed by atoms with Crippen molar-refractivity contribution in [1.29, 1.82) is 0 Å². The first-order chi connectivity index (χ1) is 13.3. The van der Waals surface area contributed by atoms with Crippen LogP contribution in [0.4, 0.5) is 0 Å². The first-order valence-corrected chi connectivity index (χ1v) is 9.49. The average Bonchev–Trinajstić information content (AvgIpc) is 2.69. The molecule has 0 bridgehead atoms. The van der Waals surface area contributed by atoms with Crippen LogP contribution in [0.2, 0.25) is 0 Å². The van der Waals surface area contributed by atoms with Crippen molar-refractivity contribution in [3.8, 4) is 11.5 Å². The molecular formula is C23H32N2O3. The highest BCUT2D eigenvalue weighted by Crippen LogP contribution is 2.31. The second-order valence-electron chi connectivity index (χ2n) is 7.35. The number of carbonyl (C=O) groups excluding carboxylic acids is 1. The fourth-order valence-electron chi connectivity index (χ4n) is 3.23. The Morgan fingerprint density at radius 1 is 0.929 bits per heavy atom. The highest BCUT2D eigenvalue weighted by atomic mass is 16.5. The molecule has 0 N–H and O–H groups in total. The van der Waals surface area contributed by atoms with Gasteiger partial charge in [0, 0.05) is 20.1 Å². The van der Waals surface area contributed by atoms with Gasteiger partial charge in [-0.1, -0.05) is 24.3 Å². The standard InChI is InChI=1S/C23H32N2O3/c1-16-10-8-9-11-19(16)14-25(5)23(26)18(3)24(4)15-20-13-22(28-7)21(27-6)12-17(20)2/h8-13,18H,14-15H2,1-7H3. The van der Waals surface area contributed by atoms with Gasteiger partial charge in [0.1, 0.15) is 0 Å². The van der Waals surface area contributed by atoms with Gasteiger partial charge in [0.25, 0.3) is 0 Å². The van der Waals surface area contributed by atoms with E-state index < -0.39 is 0 Å². The molecule has 0 aromatic heterocycles. The second-order valence-corrected chi connectivity index (χ2v) is 7.35. The first kappa shape index (κ1) is 21.8. The van der Waals surface area contributed by atoms with Gasteiger partial charge in [-0.2, -0.15) is 0 Å². The minimum absolute atomic E-state index is 0.101. The number of likely N-dealkylation sites (N-methyl/N-ethyl adjacent to an activating group) is 2. The van der Waals surface area contributed by atoms with E-state index in [-0.39, 0.29) is 11.9 Å². The molecule has 0 fully saturated rings. The fourth-order valence-corrected chi connectivity index (χ4v) is 3.23. The highest BCUT2D eigenvalue weighted by molar-refractivity contribution is 5.81. The van der Waals surface area contributed by atoms with Gasteiger partial charge in [0.15, 0.2) is 11.5 Å². The van der Waals surface area contributed by atoms with Crippen LogP contribution in [0.5, 0.6) is 11.5 Å². The molecule has 0 saturated heterocycles. The third-order valence-corrected chi connectivity index (χ3v) is 5.33. The summed E-state index contributed by atoms with van der Waals surface area (Å²) < 4.78 is 10.8. The number of carbonyl (C=O) groups is 1. The van der Waals surface area contributed by atoms with Crippen LogP contribution in [0.25, 0.3) is 0 Å². The summed E-state index contributed by atoms with van der Waals surface area (Å²) in [6, 6.07) is 11.9. The summed E-state index contributed by atoms with van der Waals surface area (Å²) in [7, 11) is 7.10. The number of hydrogen-bond acceptors (Lipinski definition) is 4. The number of rotatable bonds is 8. The van der Waals surface area contributed by atoms with Crippen molar-refractivity contribution in [3.63, 3.8) is 0 Å². The summed E-state index contributed by atoms with van der Waals surface area (Å²) in [4.78, 5) is 16.8. The van der Waals surface area contributed by atoms with Gasteiger partial charge < -0.3 is 14.4 Å². The molecule has 5 nitrogen and oxygen atoms in total. The van der Waals surface area contributed by atoms with E-state index in [1.807, 2.05) is 52.2 Å². The normalized spacial score (nSPS) is 12.0. The molecule has 2 aromatic carbocycles. The Kier molecular flexibility index (Phi) is 7.46. The SMILES string of the molecule is COc1cc(C)c(CN(C)C(C)C(=O)N(C)Cc2ccccc2C)cc1OC. The van der Waals surface area contributed by atoms with Crippen LogP contribution < -0.4 is 9.47 Å². The molecule has 0 aliphatic rings. The predicted octanol–water partition coefficient (Wildman–Crippen LogP) is 3.80. The van der Waals surface area contributed by atoms with Crippen LogP contribution in [0, 0.1) is 13.8 Å². The summed E-state index contributed by atoms with van der Waals surface area (Å²) in [5, 5.41) is 0. The molecular weight excluding hydrogens is 352 g/mol. The molecule has 28 heavy (non-hydrogen) atoms. The van der Waals surface area contributed by atoms with E-state index in [0.29, 0.717) is 24.6 Å². The second kappa shape index (κ2) is 9.60. The Morgan fingerprint density at radius 3 is 2.14 bits per heavy atom. The summed E-state index contributed by atoms with van der Waals surface area (Å²) in [6.45, 7) is 7.33. The number of aryl methyl sites for hydroxylation is 2. The number of methoxy groups -OCH3 is 2. The molecule has 2 aromatic rings. The molecule has 1 atom stereocenters. The summed E-state index contributed by atoms with van der Waals surface area (Å²) >= 11 is 0. The van der Waals surface area contributed by atoms with Crippen molar-refractivity contribution in [1.82, 2.24) is 9.80 Å². The zero-order valence-corrected chi connectivity index (χ0v) is 18.1. The first-order valence-electron chi connectivity index (χ1n) is 9.49. The van der Waals surface area contributed by atoms with Crippen molar-refractivity contribution < 1.29 is 14.3 Å². The maximum absolute atomic E-state index is 12.9. The van der Waals surface area contributed by atoms with Crippen molar-refractivity contribution >= 4 is 5.91 Å². The molecule has 0 aliphatic heterocycles. The monoisotopic (exact) mass is 384 g/mol. The third kappa shape index (κ3) is 5.04. The molecule has 0 radical (unpaired) electrons. The summed E-state index contributed by atoms with van der Waals surface area (Å²) in [6.07, 6.45) is 0. The molecule has 1 amide bonds. The number of benzene rings is 2. The fraction of sp³-hybridized carbons (Fsp3) is 0.435. The molecule has 0 saturated carbocycles. The number of ether oxygens (including phenoxy) is 2. The Hall–Kier alpha value is -2.53. The van der Waals surface area contributed by atoms with E-state index in [4.69, 9.17) is 9.47 Å². The van der Waals surface area contributed by atoms with Crippen molar-refractivity contribution in [2.75, 3.05) is 28.3 Å². The Morgan fingerprint density at radius 2 is 1.54 bits per heavy atom. The van der Waals surface area contributed by atoms with Crippen molar-refractivity contribution in [2.24, 2.45) is 0 Å². The summed E-state index contributed by atoms with van der Waals surface area (Å²) in [5.41, 5.74) is 4.59. The van der Waals surface area contributed by atoms with Gasteiger partial charge in [0.05, 0.1) is 20.3 Å². The highest BCUT2D eigenvalue weighted by Gasteiger charge is 2.23. The lowest BCUT2D eigenvalue weighted by Gasteiger charge is -2.29. The topological polar surface area (TPSA) is 42.0 Å². The van der Waals surface area contributed by atoms with E-state index in [1.54, 1.807) is 19.1 Å². The lowest BCUT2D eigenvalue weighted by molar-refractivity contribution is -0.135. The van der Waals surface area contributed by atoms with Crippen LogP contribution in [0.3, 0.4) is 0 Å². The number of amides is 1. The quantitative estimate of drug-likeness (QED) is 0.694. The summed E-state index contributed by atoms with van der Waals surface area (Å²) in [5.74, 6) is 1.52. The minimum atomic E-state index is -0.235. The Labute approximate surface area is 168 Å². The molecule has 2 rings (SSSR count). The molecule has 0 heterocycles. The van der Waals surface area contributed by atoms with Crippen molar-refractivity contribution in [2.45, 2.75) is 39.9 Å². The largest absolute Gasteiger partial charge is 0.493 e. The van der Waals surface area contributed by atoms with Crippen molar-refractivity contribution in [3.05, 3.63) is 58.7 Å². The van der Waals surface area contributed by atoms with Gasteiger partial charge in [0.2, 0.25) is 5.91 Å². The molecule has 1 unspecified atom stereocenters. The van der Waals surface area contributed by atoms with Gasteiger partial charge in [-0.05, 0) is 62.2 Å². The van der Waals surface area contributed by atoms with Gasteiger partial charge in [-0.25, -0.2) is 0 Å². The zero-order chi connectivity index (χ0) is 20.8. The van der Waals surface area contributed by atoms with Gasteiger partial charge in [-0.3, -0.25) is 9.69 Å². The average molecular weight is 385 g/mol. The molecule has 152 valence electrons. The molecule has 5 heteroatoms. The maximum Gasteiger partial charge on any atom is 0.239 e. The van der Waals surface area contributed by atoms with Crippen LogP contribution >= 0.6 is 0 Å². The van der Waals surface area contributed by atoms with Gasteiger partial charge >= 0.3 is 0 Å². The molecule has 0 aliphatic carbocycles. The number of hydrogen-bond donors (Lipinski definition) is 0. The van der Waals surface area contributed by atoms with Crippen LogP contribution in [-0.2, 0) is 17.9 Å². The maximum atomic E-state index is 12.9. The smallest absolute Gasteiger partial charge is 0.239 e. The molecule has 0 spiro atoms. The van der Waals surface area contributed by atoms with Crippen LogP contribution in [0.1, 0.15) is 29.2 Å². The lowest BCUT2D eigenvalue weighted by Crippen LogP contribution is -2.43. The van der Waals surface area contributed by atoms with Crippen LogP contribution in [0.15, 0.2) is 36.4 Å². The lowest BCUT2D eigenvalue weighted by atomic mass is 10.1. The van der Waals surface area contributed by atoms with Crippen LogP contribution in [-0.4, -0.2) is 50.1 Å². The van der Waals surface area contributed by atoms with E-state index in [9.17, 15) is 4.79 Å². The Balaban J connectivity index is 2.08. The van der Waals surface area contributed by atoms with E-state index >= 15 is 0 Å². The van der Waals surface area contributed by atoms with E-state index in [1.165, 1.54) is 11.1 Å². The minimum Gasteiger partial charge on any atom is -0.493 e. The van der Waals surface area contributed by atoms with Gasteiger partial charge in [-0.15, -0.1) is 0 Å². The number of nitrogens with zero attached hydrogens (tertiary/aromatic N) is 2. The Bertz CT molecular complexity index is 819. The van der Waals surface area contributed by atoms with E-state index in [0.717, 1.165) is 11.1 Å². The zero-order valence-electron chi connectivity index (χ0n) is 18.1. The third-order valence-electron chi connectivity index (χ3n) is 5.33. The van der Waals surface area contributed by atoms with E-state index in [2.05, 4.69) is 24.0 Å². The predicted molar refractivity (Wildman–Crippen MR) is 113 cm³/mol.